The van der Waals surface area contributed by atoms with Crippen molar-refractivity contribution in [3.8, 4) is 5.75 Å². The first kappa shape index (κ1) is 22.1. The summed E-state index contributed by atoms with van der Waals surface area (Å²) in [4.78, 5) is 25.1. The van der Waals surface area contributed by atoms with Crippen molar-refractivity contribution in [3.63, 3.8) is 0 Å². The quantitative estimate of drug-likeness (QED) is 0.533. The van der Waals surface area contributed by atoms with Crippen LogP contribution < -0.4 is 15.4 Å². The number of anilines is 2. The maximum atomic E-state index is 12.6. The van der Waals surface area contributed by atoms with Gasteiger partial charge in [-0.25, -0.2) is 0 Å². The number of amides is 2. The van der Waals surface area contributed by atoms with Crippen molar-refractivity contribution in [3.05, 3.63) is 89.0 Å². The summed E-state index contributed by atoms with van der Waals surface area (Å²) in [6.07, 6.45) is 0.148. The predicted octanol–water partition coefficient (Wildman–Crippen LogP) is 5.52. The Morgan fingerprint density at radius 1 is 0.903 bits per heavy atom. The van der Waals surface area contributed by atoms with Crippen LogP contribution in [0.1, 0.15) is 40.9 Å². The molecule has 1 atom stereocenters. The van der Waals surface area contributed by atoms with Gasteiger partial charge < -0.3 is 15.4 Å². The largest absolute Gasteiger partial charge is 0.481 e. The normalized spacial score (nSPS) is 11.5. The number of rotatable bonds is 7. The summed E-state index contributed by atoms with van der Waals surface area (Å²) in [6, 6.07) is 20.3. The van der Waals surface area contributed by atoms with Crippen LogP contribution in [0.5, 0.6) is 5.75 Å². The van der Waals surface area contributed by atoms with Crippen LogP contribution >= 0.6 is 0 Å². The molecule has 2 amide bonds. The van der Waals surface area contributed by atoms with Gasteiger partial charge in [0.2, 0.25) is 0 Å². The summed E-state index contributed by atoms with van der Waals surface area (Å²) in [5, 5.41) is 5.85. The maximum Gasteiger partial charge on any atom is 0.265 e. The first-order valence-corrected chi connectivity index (χ1v) is 10.4. The van der Waals surface area contributed by atoms with Crippen LogP contribution in [-0.4, -0.2) is 17.9 Å². The minimum Gasteiger partial charge on any atom is -0.481 e. The van der Waals surface area contributed by atoms with Crippen LogP contribution in [0.2, 0.25) is 0 Å². The number of benzene rings is 3. The van der Waals surface area contributed by atoms with Crippen LogP contribution in [0.25, 0.3) is 0 Å². The number of hydrogen-bond acceptors (Lipinski definition) is 3. The Morgan fingerprint density at radius 3 is 2.23 bits per heavy atom. The fourth-order valence-corrected chi connectivity index (χ4v) is 3.21. The van der Waals surface area contributed by atoms with Gasteiger partial charge in [0.15, 0.2) is 6.10 Å². The number of carbonyl (C=O) groups is 2. The molecule has 0 radical (unpaired) electrons. The van der Waals surface area contributed by atoms with E-state index in [4.69, 9.17) is 4.74 Å². The zero-order valence-electron chi connectivity index (χ0n) is 18.4. The highest BCUT2D eigenvalue weighted by molar-refractivity contribution is 6.04. The molecule has 0 saturated heterocycles. The van der Waals surface area contributed by atoms with Gasteiger partial charge >= 0.3 is 0 Å². The Bertz CT molecular complexity index is 1060. The number of nitrogens with one attached hydrogen (secondary N) is 2. The molecule has 31 heavy (non-hydrogen) atoms. The van der Waals surface area contributed by atoms with E-state index < -0.39 is 6.10 Å². The maximum absolute atomic E-state index is 12.6. The van der Waals surface area contributed by atoms with Gasteiger partial charge in [-0.15, -0.1) is 0 Å². The van der Waals surface area contributed by atoms with E-state index in [-0.39, 0.29) is 11.8 Å². The van der Waals surface area contributed by atoms with Gasteiger partial charge in [0.1, 0.15) is 5.75 Å². The van der Waals surface area contributed by atoms with E-state index >= 15 is 0 Å². The third-order valence-corrected chi connectivity index (χ3v) is 5.10. The summed E-state index contributed by atoms with van der Waals surface area (Å²) in [7, 11) is 0. The average Bonchev–Trinajstić information content (AvgIpc) is 2.77. The van der Waals surface area contributed by atoms with Gasteiger partial charge in [-0.1, -0.05) is 42.8 Å². The van der Waals surface area contributed by atoms with Gasteiger partial charge in [-0.05, 0) is 74.7 Å². The summed E-state index contributed by atoms with van der Waals surface area (Å²) in [6.45, 7) is 7.73. The van der Waals surface area contributed by atoms with E-state index in [9.17, 15) is 9.59 Å². The SMILES string of the molecule is CCc1cccc(C)c1NC(=O)C(C)Oc1ccc(C(=O)Nc2ccc(C)cc2)cc1. The highest BCUT2D eigenvalue weighted by Gasteiger charge is 2.17. The molecule has 0 fully saturated rings. The molecule has 0 aromatic heterocycles. The zero-order chi connectivity index (χ0) is 22.4. The number of aryl methyl sites for hydroxylation is 3. The fraction of sp³-hybridized carbons (Fsp3) is 0.231. The highest BCUT2D eigenvalue weighted by atomic mass is 16.5. The molecule has 3 rings (SSSR count). The average molecular weight is 417 g/mol. The Kier molecular flexibility index (Phi) is 7.08. The lowest BCUT2D eigenvalue weighted by atomic mass is 10.1. The second-order valence-electron chi connectivity index (χ2n) is 7.56. The first-order valence-electron chi connectivity index (χ1n) is 10.4. The second-order valence-corrected chi connectivity index (χ2v) is 7.56. The minimum atomic E-state index is -0.684. The number of para-hydroxylation sites is 1. The smallest absolute Gasteiger partial charge is 0.265 e. The lowest BCUT2D eigenvalue weighted by Crippen LogP contribution is -2.30. The van der Waals surface area contributed by atoms with Crippen LogP contribution in [0.3, 0.4) is 0 Å². The summed E-state index contributed by atoms with van der Waals surface area (Å²) < 4.78 is 5.78. The summed E-state index contributed by atoms with van der Waals surface area (Å²) >= 11 is 0. The molecule has 0 saturated carbocycles. The van der Waals surface area contributed by atoms with Crippen molar-refractivity contribution >= 4 is 23.2 Å². The molecule has 5 nitrogen and oxygen atoms in total. The molecular formula is C26H28N2O3. The molecular weight excluding hydrogens is 388 g/mol. The van der Waals surface area contributed by atoms with Gasteiger partial charge in [0.25, 0.3) is 11.8 Å². The van der Waals surface area contributed by atoms with Crippen molar-refractivity contribution in [1.29, 1.82) is 0 Å². The molecule has 3 aromatic rings. The van der Waals surface area contributed by atoms with Gasteiger partial charge in [-0.2, -0.15) is 0 Å². The number of carbonyl (C=O) groups excluding carboxylic acids is 2. The molecule has 0 aliphatic carbocycles. The van der Waals surface area contributed by atoms with Gasteiger partial charge in [0.05, 0.1) is 0 Å². The predicted molar refractivity (Wildman–Crippen MR) is 125 cm³/mol. The van der Waals surface area contributed by atoms with E-state index in [0.717, 1.165) is 34.5 Å². The van der Waals surface area contributed by atoms with E-state index in [1.807, 2.05) is 56.3 Å². The third kappa shape index (κ3) is 5.72. The number of ether oxygens (including phenoxy) is 1. The van der Waals surface area contributed by atoms with Gasteiger partial charge in [0, 0.05) is 16.9 Å². The topological polar surface area (TPSA) is 67.4 Å². The third-order valence-electron chi connectivity index (χ3n) is 5.10. The van der Waals surface area contributed by atoms with E-state index in [1.165, 1.54) is 0 Å². The van der Waals surface area contributed by atoms with E-state index in [0.29, 0.717) is 11.3 Å². The second kappa shape index (κ2) is 9.94. The molecule has 0 aliphatic rings. The summed E-state index contributed by atoms with van der Waals surface area (Å²) in [5.74, 6) is 0.105. The highest BCUT2D eigenvalue weighted by Crippen LogP contribution is 2.22. The molecule has 0 bridgehead atoms. The van der Waals surface area contributed by atoms with Crippen molar-refractivity contribution in [2.45, 2.75) is 40.2 Å². The monoisotopic (exact) mass is 416 g/mol. The lowest BCUT2D eigenvalue weighted by Gasteiger charge is -2.18. The molecule has 0 heterocycles. The summed E-state index contributed by atoms with van der Waals surface area (Å²) in [5.41, 5.74) is 5.33. The molecule has 3 aromatic carbocycles. The first-order chi connectivity index (χ1) is 14.9. The standard InChI is InChI=1S/C26H28N2O3/c1-5-20-8-6-7-18(3)24(20)28-25(29)19(4)31-23-15-11-21(12-16-23)26(30)27-22-13-9-17(2)10-14-22/h6-16,19H,5H2,1-4H3,(H,27,30)(H,28,29). The molecule has 0 aliphatic heterocycles. The molecule has 2 N–H and O–H groups in total. The molecule has 160 valence electrons. The van der Waals surface area contributed by atoms with Crippen molar-refractivity contribution in [2.75, 3.05) is 10.6 Å². The van der Waals surface area contributed by atoms with Crippen LogP contribution in [0.15, 0.2) is 66.7 Å². The molecule has 0 spiro atoms. The van der Waals surface area contributed by atoms with Crippen molar-refractivity contribution < 1.29 is 14.3 Å². The van der Waals surface area contributed by atoms with Crippen LogP contribution in [0.4, 0.5) is 11.4 Å². The fourth-order valence-electron chi connectivity index (χ4n) is 3.21. The Morgan fingerprint density at radius 2 is 1.58 bits per heavy atom. The van der Waals surface area contributed by atoms with Crippen molar-refractivity contribution in [1.82, 2.24) is 0 Å². The van der Waals surface area contributed by atoms with Crippen molar-refractivity contribution in [2.24, 2.45) is 0 Å². The minimum absolute atomic E-state index is 0.201. The van der Waals surface area contributed by atoms with Gasteiger partial charge in [-0.3, -0.25) is 9.59 Å². The lowest BCUT2D eigenvalue weighted by molar-refractivity contribution is -0.122. The molecule has 1 unspecified atom stereocenters. The molecule has 5 heteroatoms. The van der Waals surface area contributed by atoms with E-state index in [2.05, 4.69) is 17.6 Å². The zero-order valence-corrected chi connectivity index (χ0v) is 18.4. The Hall–Kier alpha value is -3.60. The van der Waals surface area contributed by atoms with Crippen LogP contribution in [-0.2, 0) is 11.2 Å². The Balaban J connectivity index is 1.60. The van der Waals surface area contributed by atoms with E-state index in [1.54, 1.807) is 31.2 Å². The van der Waals surface area contributed by atoms with Crippen LogP contribution in [0, 0.1) is 13.8 Å². The Labute approximate surface area is 183 Å². The number of hydrogen-bond donors (Lipinski definition) is 2.